The van der Waals surface area contributed by atoms with Crippen molar-refractivity contribution in [2.24, 2.45) is 0 Å². The Balaban J connectivity index is 1.80. The fourth-order valence-electron chi connectivity index (χ4n) is 3.77. The molecule has 4 heterocycles. The number of nitrogen functional groups attached to an aromatic ring is 1. The van der Waals surface area contributed by atoms with Gasteiger partial charge in [0.05, 0.1) is 16.8 Å². The van der Waals surface area contributed by atoms with Gasteiger partial charge in [-0.15, -0.1) is 0 Å². The van der Waals surface area contributed by atoms with Gasteiger partial charge < -0.3 is 15.4 Å². The lowest BCUT2D eigenvalue weighted by Crippen LogP contribution is -2.37. The Kier molecular flexibility index (Phi) is 5.76. The second-order valence-corrected chi connectivity index (χ2v) is 7.91. The second-order valence-electron chi connectivity index (χ2n) is 7.51. The van der Waals surface area contributed by atoms with Gasteiger partial charge in [-0.25, -0.2) is 14.6 Å². The van der Waals surface area contributed by atoms with Crippen molar-refractivity contribution in [3.8, 4) is 23.4 Å². The standard InChI is InChI=1S/C21H23ClN8O/c1-12-10-13(2)30(28-12)21-26-18(15(11-23)20(24)27-21)19-16(22)4-5-17(25-19)29-8-6-14(31-3)7-9-29/h4-5,10,14H,6-9H2,1-3H3,(H2,24,26,27). The SMILES string of the molecule is COC1CCN(c2ccc(Cl)c(-c3nc(-n4nc(C)cc4C)nc(N)c3C#N)n2)CC1. The molecule has 0 amide bonds. The zero-order valence-electron chi connectivity index (χ0n) is 17.6. The van der Waals surface area contributed by atoms with Crippen LogP contribution in [-0.4, -0.2) is 51.0 Å². The van der Waals surface area contributed by atoms with E-state index in [1.165, 1.54) is 0 Å². The summed E-state index contributed by atoms with van der Waals surface area (Å²) in [5.74, 6) is 1.09. The molecule has 0 radical (unpaired) electrons. The summed E-state index contributed by atoms with van der Waals surface area (Å²) >= 11 is 6.50. The number of hydrogen-bond acceptors (Lipinski definition) is 8. The minimum atomic E-state index is 0.0548. The second kappa shape index (κ2) is 8.49. The maximum atomic E-state index is 9.72. The molecule has 4 rings (SSSR count). The first kappa shape index (κ1) is 21.0. The van der Waals surface area contributed by atoms with Crippen LogP contribution in [0.1, 0.15) is 29.8 Å². The van der Waals surface area contributed by atoms with Crippen molar-refractivity contribution in [1.29, 1.82) is 5.26 Å². The summed E-state index contributed by atoms with van der Waals surface area (Å²) in [4.78, 5) is 15.8. The van der Waals surface area contributed by atoms with Gasteiger partial charge in [-0.3, -0.25) is 0 Å². The summed E-state index contributed by atoms with van der Waals surface area (Å²) in [5, 5.41) is 14.5. The number of methoxy groups -OCH3 is 1. The van der Waals surface area contributed by atoms with Crippen LogP contribution in [0.15, 0.2) is 18.2 Å². The lowest BCUT2D eigenvalue weighted by molar-refractivity contribution is 0.0818. The van der Waals surface area contributed by atoms with Crippen LogP contribution in [0.4, 0.5) is 11.6 Å². The van der Waals surface area contributed by atoms with Gasteiger partial charge in [0.2, 0.25) is 0 Å². The van der Waals surface area contributed by atoms with Gasteiger partial charge in [0.1, 0.15) is 34.7 Å². The molecule has 0 aliphatic carbocycles. The highest BCUT2D eigenvalue weighted by molar-refractivity contribution is 6.33. The van der Waals surface area contributed by atoms with Crippen molar-refractivity contribution in [2.45, 2.75) is 32.8 Å². The van der Waals surface area contributed by atoms with Crippen LogP contribution in [0.5, 0.6) is 0 Å². The van der Waals surface area contributed by atoms with Crippen molar-refractivity contribution < 1.29 is 4.74 Å². The molecule has 10 heteroatoms. The number of hydrogen-bond donors (Lipinski definition) is 1. The third kappa shape index (κ3) is 4.04. The van der Waals surface area contributed by atoms with Crippen molar-refractivity contribution in [2.75, 3.05) is 30.8 Å². The zero-order chi connectivity index (χ0) is 22.1. The third-order valence-electron chi connectivity index (χ3n) is 5.39. The number of anilines is 2. The molecule has 0 bridgehead atoms. The highest BCUT2D eigenvalue weighted by Crippen LogP contribution is 2.32. The number of piperidine rings is 1. The maximum absolute atomic E-state index is 9.72. The largest absolute Gasteiger partial charge is 0.382 e. The number of nitrogens with zero attached hydrogens (tertiary/aromatic N) is 7. The van der Waals surface area contributed by atoms with E-state index in [0.717, 1.165) is 43.1 Å². The highest BCUT2D eigenvalue weighted by Gasteiger charge is 2.23. The monoisotopic (exact) mass is 438 g/mol. The Hall–Kier alpha value is -3.22. The van der Waals surface area contributed by atoms with Crippen LogP contribution >= 0.6 is 11.6 Å². The van der Waals surface area contributed by atoms with Crippen LogP contribution in [0.25, 0.3) is 17.3 Å². The number of nitrogens with two attached hydrogens (primary N) is 1. The van der Waals surface area contributed by atoms with E-state index >= 15 is 0 Å². The first-order valence-electron chi connectivity index (χ1n) is 9.97. The average Bonchev–Trinajstić information content (AvgIpc) is 3.11. The van der Waals surface area contributed by atoms with E-state index in [-0.39, 0.29) is 29.1 Å². The van der Waals surface area contributed by atoms with Gasteiger partial charge in [0, 0.05) is 25.9 Å². The molecule has 0 spiro atoms. The third-order valence-corrected chi connectivity index (χ3v) is 5.70. The van der Waals surface area contributed by atoms with E-state index < -0.39 is 0 Å². The molecule has 1 saturated heterocycles. The summed E-state index contributed by atoms with van der Waals surface area (Å²) in [6.45, 7) is 5.42. The zero-order valence-corrected chi connectivity index (χ0v) is 18.4. The fraction of sp³-hybridized carbons (Fsp3) is 0.381. The topological polar surface area (TPSA) is 119 Å². The Morgan fingerprint density at radius 1 is 1.16 bits per heavy atom. The molecule has 0 atom stereocenters. The van der Waals surface area contributed by atoms with Gasteiger partial charge in [0.25, 0.3) is 5.95 Å². The number of aromatic nitrogens is 5. The van der Waals surface area contributed by atoms with E-state index in [2.05, 4.69) is 26.0 Å². The van der Waals surface area contributed by atoms with Gasteiger partial charge in [-0.2, -0.15) is 15.3 Å². The number of halogens is 1. The molecular weight excluding hydrogens is 416 g/mol. The molecule has 0 aromatic carbocycles. The van der Waals surface area contributed by atoms with Gasteiger partial charge in [0.15, 0.2) is 0 Å². The van der Waals surface area contributed by atoms with Crippen LogP contribution in [-0.2, 0) is 4.74 Å². The first-order chi connectivity index (χ1) is 14.9. The summed E-state index contributed by atoms with van der Waals surface area (Å²) in [7, 11) is 1.74. The molecule has 3 aromatic rings. The number of ether oxygens (including phenoxy) is 1. The summed E-state index contributed by atoms with van der Waals surface area (Å²) in [5.41, 5.74) is 8.60. The van der Waals surface area contributed by atoms with Gasteiger partial charge in [-0.1, -0.05) is 11.6 Å². The van der Waals surface area contributed by atoms with E-state index in [9.17, 15) is 5.26 Å². The molecule has 0 unspecified atom stereocenters. The minimum Gasteiger partial charge on any atom is -0.382 e. The Bertz CT molecular complexity index is 1160. The number of pyridine rings is 1. The molecule has 1 aliphatic rings. The van der Waals surface area contributed by atoms with Crippen molar-refractivity contribution >= 4 is 23.2 Å². The van der Waals surface area contributed by atoms with Crippen molar-refractivity contribution in [3.05, 3.63) is 40.2 Å². The van der Waals surface area contributed by atoms with Crippen LogP contribution in [0.3, 0.4) is 0 Å². The minimum absolute atomic E-state index is 0.0548. The molecular formula is C21H23ClN8O. The fourth-order valence-corrected chi connectivity index (χ4v) is 3.96. The van der Waals surface area contributed by atoms with E-state index in [1.807, 2.05) is 26.0 Å². The smallest absolute Gasteiger partial charge is 0.253 e. The van der Waals surface area contributed by atoms with E-state index in [1.54, 1.807) is 17.9 Å². The lowest BCUT2D eigenvalue weighted by atomic mass is 10.1. The van der Waals surface area contributed by atoms with E-state index in [4.69, 9.17) is 27.1 Å². The average molecular weight is 439 g/mol. The summed E-state index contributed by atoms with van der Waals surface area (Å²) in [6, 6.07) is 7.64. The molecule has 0 saturated carbocycles. The maximum Gasteiger partial charge on any atom is 0.253 e. The Morgan fingerprint density at radius 3 is 2.52 bits per heavy atom. The summed E-state index contributed by atoms with van der Waals surface area (Å²) < 4.78 is 7.04. The molecule has 1 aliphatic heterocycles. The normalized spacial score (nSPS) is 14.6. The molecule has 2 N–H and O–H groups in total. The van der Waals surface area contributed by atoms with Crippen LogP contribution in [0, 0.1) is 25.2 Å². The van der Waals surface area contributed by atoms with Gasteiger partial charge >= 0.3 is 0 Å². The molecule has 160 valence electrons. The highest BCUT2D eigenvalue weighted by atomic mass is 35.5. The first-order valence-corrected chi connectivity index (χ1v) is 10.3. The van der Waals surface area contributed by atoms with Crippen molar-refractivity contribution in [3.63, 3.8) is 0 Å². The number of nitriles is 1. The van der Waals surface area contributed by atoms with Crippen LogP contribution < -0.4 is 10.6 Å². The van der Waals surface area contributed by atoms with E-state index in [0.29, 0.717) is 10.7 Å². The Labute approximate surface area is 185 Å². The number of rotatable bonds is 4. The predicted octanol–water partition coefficient (Wildman–Crippen LogP) is 3.06. The van der Waals surface area contributed by atoms with Gasteiger partial charge in [-0.05, 0) is 44.9 Å². The van der Waals surface area contributed by atoms with Crippen LogP contribution in [0.2, 0.25) is 5.02 Å². The lowest BCUT2D eigenvalue weighted by Gasteiger charge is -2.32. The van der Waals surface area contributed by atoms with Crippen molar-refractivity contribution in [1.82, 2.24) is 24.7 Å². The Morgan fingerprint density at radius 2 is 1.90 bits per heavy atom. The molecule has 1 fully saturated rings. The molecule has 9 nitrogen and oxygen atoms in total. The number of aryl methyl sites for hydroxylation is 2. The quantitative estimate of drug-likeness (QED) is 0.660. The molecule has 3 aromatic heterocycles. The summed E-state index contributed by atoms with van der Waals surface area (Å²) in [6.07, 6.45) is 2.10. The molecule has 31 heavy (non-hydrogen) atoms. The predicted molar refractivity (Wildman–Crippen MR) is 118 cm³/mol.